The summed E-state index contributed by atoms with van der Waals surface area (Å²) in [5.74, 6) is 0.727. The first-order chi connectivity index (χ1) is 6.20. The third-order valence-electron chi connectivity index (χ3n) is 1.98. The van der Waals surface area contributed by atoms with E-state index in [0.717, 1.165) is 17.2 Å². The minimum Gasteiger partial charge on any atom is -0.385 e. The SMILES string of the molecule is [B]N1C(=C)c2ncccc2N=C1C. The fourth-order valence-corrected chi connectivity index (χ4v) is 1.25. The van der Waals surface area contributed by atoms with E-state index in [1.807, 2.05) is 19.1 Å². The van der Waals surface area contributed by atoms with Crippen LogP contribution >= 0.6 is 0 Å². The highest BCUT2D eigenvalue weighted by molar-refractivity contribution is 6.22. The molecule has 0 aliphatic carbocycles. The van der Waals surface area contributed by atoms with Crippen LogP contribution in [0.1, 0.15) is 12.6 Å². The summed E-state index contributed by atoms with van der Waals surface area (Å²) in [6.07, 6.45) is 1.70. The number of rotatable bonds is 0. The molecular weight excluding hydrogens is 161 g/mol. The molecule has 3 nitrogen and oxygen atoms in total. The second-order valence-corrected chi connectivity index (χ2v) is 2.85. The number of aromatic nitrogens is 1. The van der Waals surface area contributed by atoms with Crippen LogP contribution < -0.4 is 0 Å². The summed E-state index contributed by atoms with van der Waals surface area (Å²) in [6.45, 7) is 5.68. The lowest BCUT2D eigenvalue weighted by molar-refractivity contribution is 0.894. The summed E-state index contributed by atoms with van der Waals surface area (Å²) in [5, 5.41) is 0. The number of hydrogen-bond acceptors (Lipinski definition) is 3. The van der Waals surface area contributed by atoms with Crippen molar-refractivity contribution in [2.24, 2.45) is 4.99 Å². The smallest absolute Gasteiger partial charge is 0.236 e. The van der Waals surface area contributed by atoms with Crippen molar-refractivity contribution in [3.05, 3.63) is 30.6 Å². The predicted octanol–water partition coefficient (Wildman–Crippen LogP) is 1.50. The van der Waals surface area contributed by atoms with E-state index < -0.39 is 0 Å². The first-order valence-electron chi connectivity index (χ1n) is 3.94. The van der Waals surface area contributed by atoms with Gasteiger partial charge in [0.1, 0.15) is 5.69 Å². The zero-order valence-corrected chi connectivity index (χ0v) is 7.36. The van der Waals surface area contributed by atoms with Crippen molar-refractivity contribution in [3.8, 4) is 0 Å². The molecule has 0 N–H and O–H groups in total. The van der Waals surface area contributed by atoms with Crippen LogP contribution in [0.3, 0.4) is 0 Å². The molecule has 2 heterocycles. The topological polar surface area (TPSA) is 28.5 Å². The van der Waals surface area contributed by atoms with Crippen LogP contribution in [0.25, 0.3) is 5.70 Å². The monoisotopic (exact) mass is 169 g/mol. The van der Waals surface area contributed by atoms with Gasteiger partial charge in [-0.2, -0.15) is 0 Å². The van der Waals surface area contributed by atoms with Gasteiger partial charge in [0, 0.05) is 11.9 Å². The van der Waals surface area contributed by atoms with Crippen molar-refractivity contribution in [1.29, 1.82) is 0 Å². The van der Waals surface area contributed by atoms with Crippen LogP contribution in [0.15, 0.2) is 29.9 Å². The summed E-state index contributed by atoms with van der Waals surface area (Å²) >= 11 is 0. The lowest BCUT2D eigenvalue weighted by Gasteiger charge is -2.26. The van der Waals surface area contributed by atoms with Gasteiger partial charge in [-0.05, 0) is 19.1 Å². The lowest BCUT2D eigenvalue weighted by atomic mass is 10.1. The standard InChI is InChI=1S/C9H8BN3/c1-6-9-8(4-3-5-11-9)12-7(2)13(6)10/h3-5H,1H2,2H3. The molecule has 1 aromatic heterocycles. The van der Waals surface area contributed by atoms with Gasteiger partial charge in [0.25, 0.3) is 0 Å². The van der Waals surface area contributed by atoms with Crippen molar-refractivity contribution < 1.29 is 0 Å². The first-order valence-corrected chi connectivity index (χ1v) is 3.94. The average Bonchev–Trinajstić information content (AvgIpc) is 2.15. The Kier molecular flexibility index (Phi) is 1.69. The van der Waals surface area contributed by atoms with Gasteiger partial charge in [-0.25, -0.2) is 4.99 Å². The van der Waals surface area contributed by atoms with Crippen LogP contribution in [0.2, 0.25) is 0 Å². The number of hydrogen-bond donors (Lipinski definition) is 0. The van der Waals surface area contributed by atoms with Crippen LogP contribution in [0.4, 0.5) is 5.69 Å². The van der Waals surface area contributed by atoms with E-state index in [4.69, 9.17) is 7.98 Å². The summed E-state index contributed by atoms with van der Waals surface area (Å²) < 4.78 is 0. The van der Waals surface area contributed by atoms with Crippen LogP contribution in [-0.2, 0) is 0 Å². The normalized spacial score (nSPS) is 15.3. The predicted molar refractivity (Wildman–Crippen MR) is 53.6 cm³/mol. The summed E-state index contributed by atoms with van der Waals surface area (Å²) in [4.78, 5) is 9.87. The lowest BCUT2D eigenvalue weighted by Crippen LogP contribution is -2.26. The summed E-state index contributed by atoms with van der Waals surface area (Å²) in [6, 6.07) is 3.74. The number of fused-ring (bicyclic) bond motifs is 1. The van der Waals surface area contributed by atoms with E-state index in [2.05, 4.69) is 16.6 Å². The van der Waals surface area contributed by atoms with Crippen molar-refractivity contribution in [2.45, 2.75) is 6.92 Å². The maximum absolute atomic E-state index is 5.70. The van der Waals surface area contributed by atoms with Gasteiger partial charge in [-0.1, -0.05) is 6.58 Å². The molecular formula is C9H8BN3. The molecule has 13 heavy (non-hydrogen) atoms. The van der Waals surface area contributed by atoms with Crippen LogP contribution in [0.5, 0.6) is 0 Å². The Bertz CT molecular complexity index is 398. The second kappa shape index (κ2) is 2.73. The van der Waals surface area contributed by atoms with Gasteiger partial charge < -0.3 is 4.81 Å². The molecule has 0 atom stereocenters. The Hall–Kier alpha value is -1.58. The zero-order valence-electron chi connectivity index (χ0n) is 7.36. The first kappa shape index (κ1) is 8.04. The highest BCUT2D eigenvalue weighted by Crippen LogP contribution is 2.29. The number of amidine groups is 1. The molecule has 1 aromatic rings. The van der Waals surface area contributed by atoms with Gasteiger partial charge in [0.15, 0.2) is 0 Å². The van der Waals surface area contributed by atoms with Crippen LogP contribution in [0, 0.1) is 0 Å². The molecule has 0 fully saturated rings. The summed E-state index contributed by atoms with van der Waals surface area (Å²) in [5.41, 5.74) is 2.26. The van der Waals surface area contributed by atoms with E-state index in [0.29, 0.717) is 5.70 Å². The highest BCUT2D eigenvalue weighted by atomic mass is 15.2. The quantitative estimate of drug-likeness (QED) is 0.550. The maximum Gasteiger partial charge on any atom is 0.236 e. The van der Waals surface area contributed by atoms with Crippen molar-refractivity contribution in [1.82, 2.24) is 9.79 Å². The molecule has 0 spiro atoms. The maximum atomic E-state index is 5.70. The Morgan fingerprint density at radius 3 is 3.08 bits per heavy atom. The fraction of sp³-hybridized carbons (Fsp3) is 0.111. The molecule has 0 unspecified atom stereocenters. The number of pyridine rings is 1. The number of nitrogens with zero attached hydrogens (tertiary/aromatic N) is 3. The Morgan fingerprint density at radius 1 is 1.54 bits per heavy atom. The molecule has 62 valence electrons. The largest absolute Gasteiger partial charge is 0.385 e. The van der Waals surface area contributed by atoms with Gasteiger partial charge in [-0.15, -0.1) is 0 Å². The minimum atomic E-state index is 0.683. The molecule has 1 aliphatic rings. The Balaban J connectivity index is 2.63. The molecule has 2 radical (unpaired) electrons. The van der Waals surface area contributed by atoms with Gasteiger partial charge in [0.2, 0.25) is 7.98 Å². The Labute approximate surface area is 78.2 Å². The second-order valence-electron chi connectivity index (χ2n) is 2.85. The molecule has 2 rings (SSSR count). The number of aliphatic imine (C=N–C) groups is 1. The van der Waals surface area contributed by atoms with Crippen LogP contribution in [-0.4, -0.2) is 23.6 Å². The highest BCUT2D eigenvalue weighted by Gasteiger charge is 2.17. The van der Waals surface area contributed by atoms with E-state index in [1.54, 1.807) is 6.20 Å². The third-order valence-corrected chi connectivity index (χ3v) is 1.98. The Morgan fingerprint density at radius 2 is 2.31 bits per heavy atom. The van der Waals surface area contributed by atoms with Crippen molar-refractivity contribution in [2.75, 3.05) is 0 Å². The van der Waals surface area contributed by atoms with Gasteiger partial charge in [0.05, 0.1) is 11.5 Å². The summed E-state index contributed by atoms with van der Waals surface area (Å²) in [7, 11) is 5.70. The van der Waals surface area contributed by atoms with E-state index in [9.17, 15) is 0 Å². The van der Waals surface area contributed by atoms with E-state index >= 15 is 0 Å². The fourth-order valence-electron chi connectivity index (χ4n) is 1.25. The minimum absolute atomic E-state index is 0.683. The molecule has 0 bridgehead atoms. The van der Waals surface area contributed by atoms with Crippen molar-refractivity contribution in [3.63, 3.8) is 0 Å². The van der Waals surface area contributed by atoms with E-state index in [-0.39, 0.29) is 0 Å². The molecule has 0 aromatic carbocycles. The molecule has 0 saturated carbocycles. The van der Waals surface area contributed by atoms with Gasteiger partial charge >= 0.3 is 0 Å². The van der Waals surface area contributed by atoms with Gasteiger partial charge in [-0.3, -0.25) is 4.98 Å². The molecule has 0 amide bonds. The third kappa shape index (κ3) is 1.14. The molecule has 4 heteroatoms. The molecule has 0 saturated heterocycles. The average molecular weight is 169 g/mol. The molecule has 1 aliphatic heterocycles. The van der Waals surface area contributed by atoms with Crippen molar-refractivity contribution >= 4 is 25.2 Å². The zero-order chi connectivity index (χ0) is 9.42. The van der Waals surface area contributed by atoms with E-state index in [1.165, 1.54) is 4.81 Å².